The van der Waals surface area contributed by atoms with E-state index in [4.69, 9.17) is 0 Å². The first-order valence-corrected chi connectivity index (χ1v) is 8.10. The molecule has 1 aliphatic rings. The molecule has 1 aliphatic heterocycles. The van der Waals surface area contributed by atoms with Crippen LogP contribution in [-0.2, 0) is 19.7 Å². The minimum absolute atomic E-state index is 0. The molecule has 0 saturated carbocycles. The molecule has 1 fully saturated rings. The van der Waals surface area contributed by atoms with Crippen LogP contribution in [0.2, 0.25) is 0 Å². The zero-order chi connectivity index (χ0) is 15.0. The van der Waals surface area contributed by atoms with E-state index in [1.165, 1.54) is 14.2 Å². The number of nitrogens with zero attached hydrogens (tertiary/aromatic N) is 2. The molecule has 1 saturated heterocycles. The molecule has 1 heterocycles. The van der Waals surface area contributed by atoms with Gasteiger partial charge in [-0.1, -0.05) is 0 Å². The average Bonchev–Trinajstić information content (AvgIpc) is 2.45. The molecular weight excluding hydrogens is 355 g/mol. The van der Waals surface area contributed by atoms with Crippen LogP contribution in [0.15, 0.2) is 0 Å². The van der Waals surface area contributed by atoms with Gasteiger partial charge in [-0.2, -0.15) is 12.7 Å². The molecule has 0 aliphatic carbocycles. The number of halogens is 2. The van der Waals surface area contributed by atoms with Crippen LogP contribution < -0.4 is 10.0 Å². The van der Waals surface area contributed by atoms with Crippen molar-refractivity contribution in [1.29, 1.82) is 0 Å². The Hall–Kier alpha value is -0.160. The van der Waals surface area contributed by atoms with E-state index in [0.29, 0.717) is 13.1 Å². The monoisotopic (exact) mass is 380 g/mol. The van der Waals surface area contributed by atoms with Crippen LogP contribution in [0.1, 0.15) is 6.42 Å². The maximum absolute atomic E-state index is 11.9. The number of carbonyl (C=O) groups is 1. The average molecular weight is 381 g/mol. The molecule has 0 amide bonds. The van der Waals surface area contributed by atoms with Crippen molar-refractivity contribution in [2.45, 2.75) is 6.42 Å². The van der Waals surface area contributed by atoms with Gasteiger partial charge < -0.3 is 10.1 Å². The lowest BCUT2D eigenvalue weighted by Gasteiger charge is -2.27. The number of methoxy groups -OCH3 is 1. The Kier molecular flexibility index (Phi) is 13.5. The van der Waals surface area contributed by atoms with Gasteiger partial charge in [-0.15, -0.1) is 24.8 Å². The number of carbonyl (C=O) groups excluding carboxylic acids is 1. The summed E-state index contributed by atoms with van der Waals surface area (Å²) in [6.45, 7) is 4.89. The number of esters is 1. The molecule has 0 aromatic carbocycles. The van der Waals surface area contributed by atoms with Gasteiger partial charge in [0.15, 0.2) is 0 Å². The fourth-order valence-electron chi connectivity index (χ4n) is 1.85. The van der Waals surface area contributed by atoms with Gasteiger partial charge in [-0.05, 0) is 0 Å². The predicted octanol–water partition coefficient (Wildman–Crippen LogP) is -0.935. The van der Waals surface area contributed by atoms with Crippen molar-refractivity contribution in [2.75, 3.05) is 60.0 Å². The Balaban J connectivity index is 0. The molecule has 11 heteroatoms. The summed E-state index contributed by atoms with van der Waals surface area (Å²) >= 11 is 0. The second-order valence-corrected chi connectivity index (χ2v) is 6.50. The van der Waals surface area contributed by atoms with E-state index in [1.807, 2.05) is 0 Å². The van der Waals surface area contributed by atoms with Crippen molar-refractivity contribution in [3.05, 3.63) is 0 Å². The van der Waals surface area contributed by atoms with Gasteiger partial charge in [0.1, 0.15) is 0 Å². The summed E-state index contributed by atoms with van der Waals surface area (Å²) in [5, 5.41) is 3.24. The fourth-order valence-corrected chi connectivity index (χ4v) is 2.75. The maximum atomic E-state index is 11.9. The highest BCUT2D eigenvalue weighted by atomic mass is 35.5. The number of hydrogen-bond donors (Lipinski definition) is 2. The smallest absolute Gasteiger partial charge is 0.306 e. The van der Waals surface area contributed by atoms with Crippen molar-refractivity contribution in [1.82, 2.24) is 19.2 Å². The van der Waals surface area contributed by atoms with Gasteiger partial charge >= 0.3 is 5.97 Å². The van der Waals surface area contributed by atoms with Crippen molar-refractivity contribution in [3.8, 4) is 0 Å². The van der Waals surface area contributed by atoms with E-state index >= 15 is 0 Å². The lowest BCUT2D eigenvalue weighted by Crippen LogP contribution is -2.47. The number of nitrogens with one attached hydrogen (secondary N) is 2. The highest BCUT2D eigenvalue weighted by Crippen LogP contribution is 1.97. The summed E-state index contributed by atoms with van der Waals surface area (Å²) in [5.41, 5.74) is 0. The van der Waals surface area contributed by atoms with Crippen molar-refractivity contribution in [3.63, 3.8) is 0 Å². The second-order valence-electron chi connectivity index (χ2n) is 4.64. The van der Waals surface area contributed by atoms with Gasteiger partial charge in [0.25, 0.3) is 10.2 Å². The highest BCUT2D eigenvalue weighted by Gasteiger charge is 2.18. The molecule has 22 heavy (non-hydrogen) atoms. The van der Waals surface area contributed by atoms with Gasteiger partial charge in [0.05, 0.1) is 13.5 Å². The molecule has 0 aromatic heterocycles. The zero-order valence-corrected chi connectivity index (χ0v) is 15.4. The summed E-state index contributed by atoms with van der Waals surface area (Å²) < 4.78 is 31.9. The van der Waals surface area contributed by atoms with Crippen LogP contribution in [-0.4, -0.2) is 83.6 Å². The lowest BCUT2D eigenvalue weighted by molar-refractivity contribution is -0.140. The summed E-state index contributed by atoms with van der Waals surface area (Å²) in [7, 11) is -0.811. The highest BCUT2D eigenvalue weighted by molar-refractivity contribution is 7.87. The number of piperazine rings is 1. The van der Waals surface area contributed by atoms with Crippen LogP contribution in [0, 0.1) is 0 Å². The third kappa shape index (κ3) is 9.09. The summed E-state index contributed by atoms with van der Waals surface area (Å²) in [6, 6.07) is 0. The zero-order valence-electron chi connectivity index (χ0n) is 12.9. The SMILES string of the molecule is COC(=O)CCN(C)S(=O)(=O)NCCN1CCNCC1.Cl.Cl. The van der Waals surface area contributed by atoms with Gasteiger partial charge in [0, 0.05) is 52.9 Å². The number of rotatable bonds is 8. The number of ether oxygens (including phenoxy) is 1. The van der Waals surface area contributed by atoms with Crippen molar-refractivity contribution in [2.24, 2.45) is 0 Å². The topological polar surface area (TPSA) is 91.0 Å². The fraction of sp³-hybridized carbons (Fsp3) is 0.909. The predicted molar refractivity (Wildman–Crippen MR) is 90.0 cm³/mol. The van der Waals surface area contributed by atoms with Crippen LogP contribution in [0.25, 0.3) is 0 Å². The molecule has 0 atom stereocenters. The van der Waals surface area contributed by atoms with Crippen molar-refractivity contribution < 1.29 is 17.9 Å². The molecule has 134 valence electrons. The van der Waals surface area contributed by atoms with Crippen LogP contribution >= 0.6 is 24.8 Å². The third-order valence-corrected chi connectivity index (χ3v) is 4.76. The Bertz CT molecular complexity index is 405. The summed E-state index contributed by atoms with van der Waals surface area (Å²) in [5.74, 6) is -0.423. The van der Waals surface area contributed by atoms with E-state index in [9.17, 15) is 13.2 Å². The first-order valence-electron chi connectivity index (χ1n) is 6.66. The molecule has 2 N–H and O–H groups in total. The molecule has 1 rings (SSSR count). The number of hydrogen-bond acceptors (Lipinski definition) is 6. The quantitative estimate of drug-likeness (QED) is 0.528. The summed E-state index contributed by atoms with van der Waals surface area (Å²) in [4.78, 5) is 13.2. The summed E-state index contributed by atoms with van der Waals surface area (Å²) in [6.07, 6.45) is 0.0473. The Labute approximate surface area is 144 Å². The van der Waals surface area contributed by atoms with Crippen LogP contribution in [0.3, 0.4) is 0 Å². The van der Waals surface area contributed by atoms with Gasteiger partial charge in [-0.25, -0.2) is 4.72 Å². The molecule has 8 nitrogen and oxygen atoms in total. The largest absolute Gasteiger partial charge is 0.469 e. The first-order chi connectivity index (χ1) is 9.45. The minimum atomic E-state index is -3.53. The van der Waals surface area contributed by atoms with Crippen LogP contribution in [0.4, 0.5) is 0 Å². The maximum Gasteiger partial charge on any atom is 0.306 e. The normalized spacial score (nSPS) is 15.8. The Morgan fingerprint density at radius 3 is 2.45 bits per heavy atom. The molecule has 0 radical (unpaired) electrons. The Morgan fingerprint density at radius 1 is 1.32 bits per heavy atom. The third-order valence-electron chi connectivity index (χ3n) is 3.19. The van der Waals surface area contributed by atoms with Gasteiger partial charge in [0.2, 0.25) is 0 Å². The standard InChI is InChI=1S/C11H24N4O4S.2ClH/c1-14(7-3-11(16)19-2)20(17,18)13-6-10-15-8-4-12-5-9-15;;/h12-13H,3-10H2,1-2H3;2*1H. The molecule has 0 spiro atoms. The van der Waals surface area contributed by atoms with E-state index in [-0.39, 0.29) is 37.8 Å². The molecule has 0 unspecified atom stereocenters. The van der Waals surface area contributed by atoms with E-state index < -0.39 is 16.2 Å². The first kappa shape index (κ1) is 24.1. The molecule has 0 bridgehead atoms. The van der Waals surface area contributed by atoms with Crippen molar-refractivity contribution >= 4 is 41.0 Å². The Morgan fingerprint density at radius 2 is 1.91 bits per heavy atom. The minimum Gasteiger partial charge on any atom is -0.469 e. The molecular formula is C11H26Cl2N4O4S. The van der Waals surface area contributed by atoms with E-state index in [1.54, 1.807) is 0 Å². The van der Waals surface area contributed by atoms with E-state index in [0.717, 1.165) is 30.5 Å². The van der Waals surface area contributed by atoms with Gasteiger partial charge in [-0.3, -0.25) is 9.69 Å². The second kappa shape index (κ2) is 12.3. The lowest BCUT2D eigenvalue weighted by atomic mass is 10.3. The van der Waals surface area contributed by atoms with E-state index in [2.05, 4.69) is 19.7 Å². The molecule has 0 aromatic rings. The van der Waals surface area contributed by atoms with Crippen LogP contribution in [0.5, 0.6) is 0 Å².